The van der Waals surface area contributed by atoms with Gasteiger partial charge in [0.2, 0.25) is 5.91 Å². The quantitative estimate of drug-likeness (QED) is 0.629. The number of carbonyl (C=O) groups excluding carboxylic acids is 1. The summed E-state index contributed by atoms with van der Waals surface area (Å²) in [5.74, 6) is -0.0667. The number of hydrogen-bond donors (Lipinski definition) is 0. The maximum Gasteiger partial charge on any atom is 0.271 e. The van der Waals surface area contributed by atoms with Crippen molar-refractivity contribution in [3.8, 4) is 0 Å². The van der Waals surface area contributed by atoms with E-state index in [4.69, 9.17) is 11.6 Å². The number of non-ortho nitro benzene ring substituents is 1. The van der Waals surface area contributed by atoms with Crippen LogP contribution in [0.2, 0.25) is 5.02 Å². The van der Waals surface area contributed by atoms with Gasteiger partial charge >= 0.3 is 0 Å². The Hall–Kier alpha value is -2.40. The number of fused-ring (bicyclic) bond motifs is 1. The lowest BCUT2D eigenvalue weighted by Gasteiger charge is -2.20. The van der Waals surface area contributed by atoms with Crippen molar-refractivity contribution in [2.24, 2.45) is 0 Å². The lowest BCUT2D eigenvalue weighted by Crippen LogP contribution is -2.35. The number of nitro groups is 1. The summed E-state index contributed by atoms with van der Waals surface area (Å²) < 4.78 is 0. The van der Waals surface area contributed by atoms with Gasteiger partial charge in [0.15, 0.2) is 0 Å². The van der Waals surface area contributed by atoms with Gasteiger partial charge in [-0.05, 0) is 43.2 Å². The summed E-state index contributed by atoms with van der Waals surface area (Å²) in [6, 6.07) is 11.8. The van der Waals surface area contributed by atoms with Gasteiger partial charge in [-0.25, -0.2) is 0 Å². The first-order chi connectivity index (χ1) is 10.8. The molecule has 118 valence electrons. The molecule has 0 atom stereocenters. The molecule has 0 N–H and O–H groups in total. The number of benzene rings is 2. The zero-order valence-corrected chi connectivity index (χ0v) is 13.5. The van der Waals surface area contributed by atoms with E-state index in [-0.39, 0.29) is 11.6 Å². The summed E-state index contributed by atoms with van der Waals surface area (Å²) in [5, 5.41) is 11.7. The predicted molar refractivity (Wildman–Crippen MR) is 88.8 cm³/mol. The van der Waals surface area contributed by atoms with Gasteiger partial charge in [-0.15, -0.1) is 0 Å². The topological polar surface area (TPSA) is 63.5 Å². The SMILES string of the molecule is CC1(C)C(=O)N(Cc2ccc(Cl)cc2)c2cc([N+](=O)[O-])ccc21. The van der Waals surface area contributed by atoms with Crippen LogP contribution in [0, 0.1) is 10.1 Å². The average molecular weight is 331 g/mol. The Morgan fingerprint density at radius 2 is 1.83 bits per heavy atom. The fourth-order valence-corrected chi connectivity index (χ4v) is 3.00. The Kier molecular flexibility index (Phi) is 3.60. The largest absolute Gasteiger partial charge is 0.307 e. The molecule has 1 heterocycles. The fourth-order valence-electron chi connectivity index (χ4n) is 2.88. The number of carbonyl (C=O) groups is 1. The average Bonchev–Trinajstić information content (AvgIpc) is 2.70. The summed E-state index contributed by atoms with van der Waals surface area (Å²) in [6.45, 7) is 4.03. The number of nitrogens with zero attached hydrogens (tertiary/aromatic N) is 2. The summed E-state index contributed by atoms with van der Waals surface area (Å²) in [6.07, 6.45) is 0. The number of nitro benzene ring substituents is 1. The number of halogens is 1. The number of hydrogen-bond acceptors (Lipinski definition) is 3. The standard InChI is InChI=1S/C17H15ClN2O3/c1-17(2)14-8-7-13(20(22)23)9-15(14)19(16(17)21)10-11-3-5-12(18)6-4-11/h3-9H,10H2,1-2H3. The molecule has 0 radical (unpaired) electrons. The molecule has 2 aromatic rings. The van der Waals surface area contributed by atoms with E-state index < -0.39 is 10.3 Å². The van der Waals surface area contributed by atoms with Crippen LogP contribution in [-0.4, -0.2) is 10.8 Å². The minimum absolute atomic E-state index is 0.0182. The molecule has 6 heteroatoms. The smallest absolute Gasteiger partial charge is 0.271 e. The normalized spacial score (nSPS) is 15.6. The molecule has 2 aromatic carbocycles. The molecular weight excluding hydrogens is 316 g/mol. The molecule has 1 amide bonds. The Bertz CT molecular complexity index is 800. The molecule has 1 aliphatic heterocycles. The van der Waals surface area contributed by atoms with Crippen molar-refractivity contribution in [1.82, 2.24) is 0 Å². The zero-order chi connectivity index (χ0) is 16.8. The summed E-state index contributed by atoms with van der Waals surface area (Å²) >= 11 is 5.88. The van der Waals surface area contributed by atoms with E-state index in [1.165, 1.54) is 12.1 Å². The molecule has 0 saturated carbocycles. The van der Waals surface area contributed by atoms with E-state index >= 15 is 0 Å². The van der Waals surface area contributed by atoms with Crippen LogP contribution in [0.1, 0.15) is 25.0 Å². The molecule has 23 heavy (non-hydrogen) atoms. The molecule has 0 aromatic heterocycles. The highest BCUT2D eigenvalue weighted by Gasteiger charge is 2.44. The second-order valence-corrected chi connectivity index (χ2v) is 6.54. The van der Waals surface area contributed by atoms with E-state index in [0.29, 0.717) is 17.3 Å². The van der Waals surface area contributed by atoms with Crippen molar-refractivity contribution >= 4 is 28.9 Å². The van der Waals surface area contributed by atoms with Crippen LogP contribution < -0.4 is 4.90 Å². The first-order valence-corrected chi connectivity index (χ1v) is 7.54. The second-order valence-electron chi connectivity index (χ2n) is 6.10. The molecule has 0 unspecified atom stereocenters. The minimum atomic E-state index is -0.698. The molecule has 0 aliphatic carbocycles. The van der Waals surface area contributed by atoms with Crippen LogP contribution >= 0.6 is 11.6 Å². The first kappa shape index (κ1) is 15.5. The van der Waals surface area contributed by atoms with Crippen LogP contribution in [0.25, 0.3) is 0 Å². The van der Waals surface area contributed by atoms with Gasteiger partial charge in [0.05, 0.1) is 22.6 Å². The molecule has 0 saturated heterocycles. The number of anilines is 1. The third-order valence-corrected chi connectivity index (χ3v) is 4.44. The lowest BCUT2D eigenvalue weighted by atomic mass is 9.86. The highest BCUT2D eigenvalue weighted by atomic mass is 35.5. The van der Waals surface area contributed by atoms with Gasteiger partial charge in [0.1, 0.15) is 0 Å². The zero-order valence-electron chi connectivity index (χ0n) is 12.7. The Labute approximate surface area is 138 Å². The van der Waals surface area contributed by atoms with E-state index in [1.807, 2.05) is 26.0 Å². The molecule has 0 spiro atoms. The van der Waals surface area contributed by atoms with Gasteiger partial charge in [0, 0.05) is 17.2 Å². The molecule has 0 fully saturated rings. The van der Waals surface area contributed by atoms with Crippen molar-refractivity contribution in [2.45, 2.75) is 25.8 Å². The molecular formula is C17H15ClN2O3. The minimum Gasteiger partial charge on any atom is -0.307 e. The van der Waals surface area contributed by atoms with Gasteiger partial charge in [-0.2, -0.15) is 0 Å². The van der Waals surface area contributed by atoms with Crippen LogP contribution in [0.5, 0.6) is 0 Å². The summed E-state index contributed by atoms with van der Waals surface area (Å²) in [7, 11) is 0. The predicted octanol–water partition coefficient (Wildman–Crippen LogP) is 4.07. The highest BCUT2D eigenvalue weighted by Crippen LogP contribution is 2.43. The van der Waals surface area contributed by atoms with Gasteiger partial charge in [-0.3, -0.25) is 14.9 Å². The third kappa shape index (κ3) is 2.57. The van der Waals surface area contributed by atoms with Crippen molar-refractivity contribution in [1.29, 1.82) is 0 Å². The monoisotopic (exact) mass is 330 g/mol. The Balaban J connectivity index is 2.04. The molecule has 0 bridgehead atoms. The maximum absolute atomic E-state index is 12.8. The van der Waals surface area contributed by atoms with Gasteiger partial charge < -0.3 is 4.90 Å². The van der Waals surface area contributed by atoms with Crippen LogP contribution in [0.3, 0.4) is 0 Å². The van der Waals surface area contributed by atoms with Crippen molar-refractivity contribution < 1.29 is 9.72 Å². The number of rotatable bonds is 3. The van der Waals surface area contributed by atoms with Crippen LogP contribution in [0.15, 0.2) is 42.5 Å². The van der Waals surface area contributed by atoms with E-state index in [2.05, 4.69) is 0 Å². The van der Waals surface area contributed by atoms with E-state index in [1.54, 1.807) is 23.1 Å². The first-order valence-electron chi connectivity index (χ1n) is 7.16. The summed E-state index contributed by atoms with van der Waals surface area (Å²) in [5.41, 5.74) is 1.61. The van der Waals surface area contributed by atoms with Crippen molar-refractivity contribution in [3.63, 3.8) is 0 Å². The molecule has 5 nitrogen and oxygen atoms in total. The van der Waals surface area contributed by atoms with Gasteiger partial charge in [0.25, 0.3) is 5.69 Å². The Morgan fingerprint density at radius 1 is 1.17 bits per heavy atom. The molecule has 3 rings (SSSR count). The highest BCUT2D eigenvalue weighted by molar-refractivity contribution is 6.30. The fraction of sp³-hybridized carbons (Fsp3) is 0.235. The second kappa shape index (κ2) is 5.35. The van der Waals surface area contributed by atoms with E-state index in [0.717, 1.165) is 11.1 Å². The maximum atomic E-state index is 12.8. The van der Waals surface area contributed by atoms with E-state index in [9.17, 15) is 14.9 Å². The molecule has 1 aliphatic rings. The van der Waals surface area contributed by atoms with Crippen molar-refractivity contribution in [2.75, 3.05) is 4.90 Å². The third-order valence-electron chi connectivity index (χ3n) is 4.19. The Morgan fingerprint density at radius 3 is 2.43 bits per heavy atom. The summed E-state index contributed by atoms with van der Waals surface area (Å²) in [4.78, 5) is 25.0. The lowest BCUT2D eigenvalue weighted by molar-refractivity contribution is -0.384. The number of amides is 1. The van der Waals surface area contributed by atoms with Crippen LogP contribution in [-0.2, 0) is 16.8 Å². The van der Waals surface area contributed by atoms with Crippen molar-refractivity contribution in [3.05, 3.63) is 68.7 Å². The van der Waals surface area contributed by atoms with Gasteiger partial charge in [-0.1, -0.05) is 23.7 Å². The van der Waals surface area contributed by atoms with Crippen LogP contribution in [0.4, 0.5) is 11.4 Å².